The summed E-state index contributed by atoms with van der Waals surface area (Å²) in [6.07, 6.45) is 6.82. The van der Waals surface area contributed by atoms with Gasteiger partial charge >= 0.3 is 0 Å². The number of nitrogens with two attached hydrogens (primary N) is 1. The molecule has 0 aliphatic rings. The number of aryl methyl sites for hydroxylation is 1. The highest BCUT2D eigenvalue weighted by Gasteiger charge is 1.97. The zero-order valence-electron chi connectivity index (χ0n) is 11.1. The zero-order valence-corrected chi connectivity index (χ0v) is 14.3. The first kappa shape index (κ1) is 17.6. The van der Waals surface area contributed by atoms with Gasteiger partial charge in [-0.3, -0.25) is 0 Å². The Morgan fingerprint density at radius 2 is 2.22 bits per heavy atom. The maximum absolute atomic E-state index is 5.77. The van der Waals surface area contributed by atoms with E-state index in [-0.39, 0.29) is 24.0 Å². The third-order valence-electron chi connectivity index (χ3n) is 2.41. The molecule has 0 radical (unpaired) electrons. The monoisotopic (exact) mass is 382 g/mol. The number of rotatable bonds is 7. The Morgan fingerprint density at radius 1 is 1.44 bits per heavy atom. The number of nitrogens with zero attached hydrogens (tertiary/aromatic N) is 2. The van der Waals surface area contributed by atoms with Crippen molar-refractivity contribution < 1.29 is 0 Å². The number of thiazole rings is 1. The predicted molar refractivity (Wildman–Crippen MR) is 89.7 cm³/mol. The van der Waals surface area contributed by atoms with Crippen LogP contribution in [0.15, 0.2) is 11.2 Å². The molecule has 3 N–H and O–H groups in total. The van der Waals surface area contributed by atoms with Crippen LogP contribution in [0, 0.1) is 6.92 Å². The second-order valence-corrected chi connectivity index (χ2v) is 5.35. The minimum Gasteiger partial charge on any atom is -0.370 e. The van der Waals surface area contributed by atoms with Crippen LogP contribution in [0.3, 0.4) is 0 Å². The van der Waals surface area contributed by atoms with Crippen LogP contribution in [0.25, 0.3) is 0 Å². The average molecular weight is 382 g/mol. The Labute approximate surface area is 131 Å². The number of aliphatic imine (C=N–C) groups is 1. The number of hydrogen-bond acceptors (Lipinski definition) is 3. The first-order valence-electron chi connectivity index (χ1n) is 6.17. The van der Waals surface area contributed by atoms with Crippen molar-refractivity contribution in [1.82, 2.24) is 10.3 Å². The first-order valence-corrected chi connectivity index (χ1v) is 6.99. The summed E-state index contributed by atoms with van der Waals surface area (Å²) in [5.41, 5.74) is 5.77. The summed E-state index contributed by atoms with van der Waals surface area (Å²) in [5.74, 6) is 0.535. The van der Waals surface area contributed by atoms with Crippen LogP contribution in [0.1, 0.15) is 42.5 Å². The maximum Gasteiger partial charge on any atom is 0.188 e. The fourth-order valence-electron chi connectivity index (χ4n) is 1.47. The Balaban J connectivity index is 0.00000289. The van der Waals surface area contributed by atoms with Crippen molar-refractivity contribution >= 4 is 41.3 Å². The summed E-state index contributed by atoms with van der Waals surface area (Å²) in [5, 5.41) is 4.20. The largest absolute Gasteiger partial charge is 0.370 e. The van der Waals surface area contributed by atoms with Crippen molar-refractivity contribution in [2.24, 2.45) is 10.7 Å². The van der Waals surface area contributed by atoms with Gasteiger partial charge in [-0.1, -0.05) is 26.2 Å². The third kappa shape index (κ3) is 7.86. The van der Waals surface area contributed by atoms with Crippen LogP contribution in [0.4, 0.5) is 0 Å². The molecule has 0 fully saturated rings. The van der Waals surface area contributed by atoms with Gasteiger partial charge in [0.2, 0.25) is 0 Å². The molecule has 0 saturated carbocycles. The van der Waals surface area contributed by atoms with Gasteiger partial charge in [0, 0.05) is 17.6 Å². The van der Waals surface area contributed by atoms with Gasteiger partial charge in [0.15, 0.2) is 5.96 Å². The molecule has 104 valence electrons. The molecule has 0 aliphatic carbocycles. The SMILES string of the molecule is CCCCCCNC(N)=NCc1cnc(C)s1.I. The number of hydrogen-bond donors (Lipinski definition) is 2. The number of nitrogens with one attached hydrogen (secondary N) is 1. The Hall–Kier alpha value is -0.370. The second kappa shape index (κ2) is 10.5. The smallest absolute Gasteiger partial charge is 0.188 e. The van der Waals surface area contributed by atoms with E-state index in [4.69, 9.17) is 5.73 Å². The van der Waals surface area contributed by atoms with Gasteiger partial charge in [-0.15, -0.1) is 35.3 Å². The molecule has 4 nitrogen and oxygen atoms in total. The molecule has 0 bridgehead atoms. The van der Waals surface area contributed by atoms with Crippen molar-refractivity contribution in [3.8, 4) is 0 Å². The predicted octanol–water partition coefficient (Wildman–Crippen LogP) is 3.05. The topological polar surface area (TPSA) is 63.3 Å². The lowest BCUT2D eigenvalue weighted by molar-refractivity contribution is 0.652. The van der Waals surface area contributed by atoms with Gasteiger partial charge in [0.25, 0.3) is 0 Å². The quantitative estimate of drug-likeness (QED) is 0.330. The molecule has 0 saturated heterocycles. The first-order chi connectivity index (χ1) is 8.22. The Morgan fingerprint density at radius 3 is 2.83 bits per heavy atom. The Bertz CT molecular complexity index is 352. The lowest BCUT2D eigenvalue weighted by atomic mass is 10.2. The van der Waals surface area contributed by atoms with Gasteiger partial charge in [-0.25, -0.2) is 9.98 Å². The summed E-state index contributed by atoms with van der Waals surface area (Å²) < 4.78 is 0. The number of guanidine groups is 1. The number of halogens is 1. The summed E-state index contributed by atoms with van der Waals surface area (Å²) in [6.45, 7) is 5.74. The van der Waals surface area contributed by atoms with Crippen LogP contribution in [0.5, 0.6) is 0 Å². The van der Waals surface area contributed by atoms with Gasteiger partial charge in [0.1, 0.15) is 0 Å². The van der Waals surface area contributed by atoms with Gasteiger partial charge < -0.3 is 11.1 Å². The average Bonchev–Trinajstić information content (AvgIpc) is 2.72. The summed E-state index contributed by atoms with van der Waals surface area (Å²) >= 11 is 1.66. The molecule has 6 heteroatoms. The van der Waals surface area contributed by atoms with Crippen LogP contribution in [-0.2, 0) is 6.54 Å². The molecule has 0 amide bonds. The minimum absolute atomic E-state index is 0. The van der Waals surface area contributed by atoms with E-state index in [1.165, 1.54) is 19.3 Å². The zero-order chi connectivity index (χ0) is 12.5. The van der Waals surface area contributed by atoms with Gasteiger partial charge in [0.05, 0.1) is 11.6 Å². The molecule has 0 spiro atoms. The molecule has 1 heterocycles. The number of aromatic nitrogens is 1. The normalized spacial score (nSPS) is 11.1. The molecular formula is C12H23IN4S. The molecule has 1 aromatic heterocycles. The van der Waals surface area contributed by atoms with Crippen LogP contribution in [-0.4, -0.2) is 17.5 Å². The standard InChI is InChI=1S/C12H22N4S.HI/c1-3-4-5-6-7-14-12(13)16-9-11-8-15-10(2)17-11;/h8H,3-7,9H2,1-2H3,(H3,13,14,16);1H. The molecule has 0 aromatic carbocycles. The van der Waals surface area contributed by atoms with Gasteiger partial charge in [-0.2, -0.15) is 0 Å². The molecule has 18 heavy (non-hydrogen) atoms. The van der Waals surface area contributed by atoms with E-state index < -0.39 is 0 Å². The van der Waals surface area contributed by atoms with Crippen molar-refractivity contribution in [2.45, 2.75) is 46.1 Å². The summed E-state index contributed by atoms with van der Waals surface area (Å²) in [7, 11) is 0. The van der Waals surface area contributed by atoms with Crippen LogP contribution >= 0.6 is 35.3 Å². The van der Waals surface area contributed by atoms with Crippen molar-refractivity contribution in [3.05, 3.63) is 16.1 Å². The van der Waals surface area contributed by atoms with Crippen molar-refractivity contribution in [3.63, 3.8) is 0 Å². The van der Waals surface area contributed by atoms with E-state index in [2.05, 4.69) is 22.2 Å². The minimum atomic E-state index is 0. The molecule has 0 unspecified atom stereocenters. The summed E-state index contributed by atoms with van der Waals surface area (Å²) in [4.78, 5) is 9.61. The summed E-state index contributed by atoms with van der Waals surface area (Å²) in [6, 6.07) is 0. The van der Waals surface area contributed by atoms with Gasteiger partial charge in [-0.05, 0) is 13.3 Å². The molecule has 0 aliphatic heterocycles. The van der Waals surface area contributed by atoms with E-state index in [0.29, 0.717) is 12.5 Å². The van der Waals surface area contributed by atoms with Crippen molar-refractivity contribution in [2.75, 3.05) is 6.54 Å². The van der Waals surface area contributed by atoms with E-state index in [1.54, 1.807) is 11.3 Å². The fourth-order valence-corrected chi connectivity index (χ4v) is 2.19. The van der Waals surface area contributed by atoms with Crippen LogP contribution < -0.4 is 11.1 Å². The Kier molecular flexibility index (Phi) is 10.3. The lowest BCUT2D eigenvalue weighted by Gasteiger charge is -2.04. The highest BCUT2D eigenvalue weighted by atomic mass is 127. The second-order valence-electron chi connectivity index (χ2n) is 4.03. The van der Waals surface area contributed by atoms with E-state index >= 15 is 0 Å². The third-order valence-corrected chi connectivity index (χ3v) is 3.31. The van der Waals surface area contributed by atoms with E-state index in [9.17, 15) is 0 Å². The van der Waals surface area contributed by atoms with E-state index in [1.807, 2.05) is 13.1 Å². The molecule has 1 rings (SSSR count). The number of unbranched alkanes of at least 4 members (excludes halogenated alkanes) is 3. The lowest BCUT2D eigenvalue weighted by Crippen LogP contribution is -2.32. The fraction of sp³-hybridized carbons (Fsp3) is 0.667. The highest BCUT2D eigenvalue weighted by molar-refractivity contribution is 14.0. The van der Waals surface area contributed by atoms with Crippen LogP contribution in [0.2, 0.25) is 0 Å². The molecule has 0 atom stereocenters. The molecule has 1 aromatic rings. The maximum atomic E-state index is 5.77. The van der Waals surface area contributed by atoms with Crippen molar-refractivity contribution in [1.29, 1.82) is 0 Å². The highest BCUT2D eigenvalue weighted by Crippen LogP contribution is 2.11. The van der Waals surface area contributed by atoms with E-state index in [0.717, 1.165) is 22.9 Å². The molecular weight excluding hydrogens is 359 g/mol.